The average Bonchev–Trinajstić information content (AvgIpc) is 2.83. The lowest BCUT2D eigenvalue weighted by Gasteiger charge is -2.27. The second-order valence-corrected chi connectivity index (χ2v) is 6.89. The van der Waals surface area contributed by atoms with Gasteiger partial charge < -0.3 is 9.47 Å². The Hall–Kier alpha value is -2.55. The van der Waals surface area contributed by atoms with Gasteiger partial charge in [-0.1, -0.05) is 36.4 Å². The number of carbonyl (C=O) groups excluding carboxylic acids is 1. The van der Waals surface area contributed by atoms with E-state index < -0.39 is 0 Å². The van der Waals surface area contributed by atoms with Crippen LogP contribution in [0.5, 0.6) is 0 Å². The molecule has 2 aromatic carbocycles. The molecular weight excluding hydrogens is 296 g/mol. The molecule has 120 valence electrons. The highest BCUT2D eigenvalue weighted by Crippen LogP contribution is 2.38. The Morgan fingerprint density at radius 3 is 2.62 bits per heavy atom. The highest BCUT2D eigenvalue weighted by Gasteiger charge is 2.28. The Bertz CT molecular complexity index is 983. The molecule has 0 spiro atoms. The van der Waals surface area contributed by atoms with Crippen molar-refractivity contribution in [2.45, 2.75) is 32.7 Å². The predicted octanol–water partition coefficient (Wildman–Crippen LogP) is 3.63. The fraction of sp³-hybridized carbons (Fsp3) is 0.286. The molecule has 0 unspecified atom stereocenters. The van der Waals surface area contributed by atoms with Crippen molar-refractivity contribution in [1.82, 2.24) is 9.47 Å². The van der Waals surface area contributed by atoms with E-state index in [-0.39, 0.29) is 5.91 Å². The second kappa shape index (κ2) is 4.97. The summed E-state index contributed by atoms with van der Waals surface area (Å²) in [4.78, 5) is 13.8. The summed E-state index contributed by atoms with van der Waals surface area (Å²) in [6.07, 6.45) is 3.09. The summed E-state index contributed by atoms with van der Waals surface area (Å²) in [5, 5.41) is 1.32. The number of rotatable bonds is 0. The van der Waals surface area contributed by atoms with E-state index in [2.05, 4.69) is 47.0 Å². The first-order valence-electron chi connectivity index (χ1n) is 8.72. The molecule has 0 aliphatic carbocycles. The van der Waals surface area contributed by atoms with Crippen molar-refractivity contribution >= 4 is 16.8 Å². The molecule has 0 radical (unpaired) electrons. The summed E-state index contributed by atoms with van der Waals surface area (Å²) >= 11 is 0. The molecule has 3 heteroatoms. The van der Waals surface area contributed by atoms with E-state index in [0.717, 1.165) is 32.4 Å². The van der Waals surface area contributed by atoms with Gasteiger partial charge in [0.15, 0.2) is 0 Å². The maximum absolute atomic E-state index is 11.9. The highest BCUT2D eigenvalue weighted by atomic mass is 16.2. The molecular formula is C21H20N2O. The first-order chi connectivity index (χ1) is 11.7. The first kappa shape index (κ1) is 13.8. The van der Waals surface area contributed by atoms with E-state index in [1.54, 1.807) is 6.92 Å². The number of nitrogens with zero attached hydrogens (tertiary/aromatic N) is 2. The third kappa shape index (κ3) is 1.81. The molecule has 1 aromatic heterocycles. The smallest absolute Gasteiger partial charge is 0.219 e. The predicted molar refractivity (Wildman–Crippen MR) is 95.5 cm³/mol. The van der Waals surface area contributed by atoms with Gasteiger partial charge in [-0.2, -0.15) is 0 Å². The average molecular weight is 316 g/mol. The van der Waals surface area contributed by atoms with E-state index in [4.69, 9.17) is 0 Å². The highest BCUT2D eigenvalue weighted by molar-refractivity contribution is 5.91. The summed E-state index contributed by atoms with van der Waals surface area (Å²) in [6.45, 7) is 3.23. The number of para-hydroxylation sites is 2. The van der Waals surface area contributed by atoms with Gasteiger partial charge in [-0.3, -0.25) is 4.79 Å². The van der Waals surface area contributed by atoms with Gasteiger partial charge in [0.05, 0.1) is 5.52 Å². The molecule has 2 aliphatic heterocycles. The Morgan fingerprint density at radius 1 is 0.958 bits per heavy atom. The zero-order valence-electron chi connectivity index (χ0n) is 13.9. The van der Waals surface area contributed by atoms with E-state index in [1.165, 1.54) is 39.0 Å². The van der Waals surface area contributed by atoms with Crippen LogP contribution in [-0.2, 0) is 30.6 Å². The number of aromatic nitrogens is 1. The van der Waals surface area contributed by atoms with Crippen molar-refractivity contribution in [1.29, 1.82) is 0 Å². The molecule has 24 heavy (non-hydrogen) atoms. The molecule has 3 nitrogen and oxygen atoms in total. The molecule has 0 atom stereocenters. The molecule has 1 amide bonds. The zero-order valence-corrected chi connectivity index (χ0v) is 13.9. The quantitative estimate of drug-likeness (QED) is 0.622. The Morgan fingerprint density at radius 2 is 1.75 bits per heavy atom. The minimum Gasteiger partial charge on any atom is -0.338 e. The van der Waals surface area contributed by atoms with Gasteiger partial charge in [-0.05, 0) is 30.0 Å². The summed E-state index contributed by atoms with van der Waals surface area (Å²) < 4.78 is 2.49. The fourth-order valence-corrected chi connectivity index (χ4v) is 4.42. The van der Waals surface area contributed by atoms with Crippen molar-refractivity contribution < 1.29 is 4.79 Å². The first-order valence-corrected chi connectivity index (χ1v) is 8.72. The molecule has 0 saturated heterocycles. The zero-order chi connectivity index (χ0) is 16.3. The normalized spacial score (nSPS) is 15.8. The largest absolute Gasteiger partial charge is 0.338 e. The van der Waals surface area contributed by atoms with Gasteiger partial charge in [-0.15, -0.1) is 0 Å². The molecule has 0 saturated carbocycles. The summed E-state index contributed by atoms with van der Waals surface area (Å²) in [5.74, 6) is 0.171. The number of hydrogen-bond donors (Lipinski definition) is 0. The van der Waals surface area contributed by atoms with Crippen molar-refractivity contribution in [3.8, 4) is 5.69 Å². The van der Waals surface area contributed by atoms with Crippen LogP contribution in [0, 0.1) is 0 Å². The summed E-state index contributed by atoms with van der Waals surface area (Å²) in [6, 6.07) is 15.4. The van der Waals surface area contributed by atoms with Crippen LogP contribution >= 0.6 is 0 Å². The maximum atomic E-state index is 11.9. The molecule has 3 aromatic rings. The maximum Gasteiger partial charge on any atom is 0.219 e. The number of aryl methyl sites for hydroxylation is 2. The number of benzene rings is 2. The van der Waals surface area contributed by atoms with Crippen LogP contribution in [0.3, 0.4) is 0 Å². The van der Waals surface area contributed by atoms with Gasteiger partial charge in [-0.25, -0.2) is 0 Å². The Labute approximate surface area is 141 Å². The molecule has 2 aliphatic rings. The summed E-state index contributed by atoms with van der Waals surface area (Å²) in [7, 11) is 0. The minimum absolute atomic E-state index is 0.171. The van der Waals surface area contributed by atoms with Crippen LogP contribution in [0.4, 0.5) is 0 Å². The lowest BCUT2D eigenvalue weighted by atomic mass is 9.99. The van der Waals surface area contributed by atoms with Gasteiger partial charge in [0, 0.05) is 48.8 Å². The molecule has 3 heterocycles. The van der Waals surface area contributed by atoms with E-state index in [0.29, 0.717) is 0 Å². The Kier molecular flexibility index (Phi) is 2.87. The van der Waals surface area contributed by atoms with Crippen LogP contribution in [0.15, 0.2) is 42.5 Å². The van der Waals surface area contributed by atoms with Crippen molar-refractivity contribution in [3.05, 3.63) is 64.8 Å². The van der Waals surface area contributed by atoms with Crippen molar-refractivity contribution in [3.63, 3.8) is 0 Å². The summed E-state index contributed by atoms with van der Waals surface area (Å²) in [5.41, 5.74) is 8.26. The number of hydrogen-bond acceptors (Lipinski definition) is 1. The topological polar surface area (TPSA) is 25.2 Å². The van der Waals surface area contributed by atoms with Gasteiger partial charge in [0.25, 0.3) is 0 Å². The SMILES string of the molecule is CC(=O)N1CCc2c(c3cccc4c3n2-c2ccccc2CC4)C1. The molecule has 0 bridgehead atoms. The fourth-order valence-electron chi connectivity index (χ4n) is 4.42. The molecule has 5 rings (SSSR count). The van der Waals surface area contributed by atoms with Crippen LogP contribution < -0.4 is 0 Å². The monoisotopic (exact) mass is 316 g/mol. The standard InChI is InChI=1S/C21H20N2O/c1-14(24)22-12-11-20-18(13-22)17-7-4-6-16-10-9-15-5-2-3-8-19(15)23(20)21(16)17/h2-8H,9-13H2,1H3. The van der Waals surface area contributed by atoms with Crippen LogP contribution in [0.25, 0.3) is 16.6 Å². The minimum atomic E-state index is 0.171. The van der Waals surface area contributed by atoms with E-state index >= 15 is 0 Å². The number of amides is 1. The van der Waals surface area contributed by atoms with Crippen molar-refractivity contribution in [2.75, 3.05) is 6.54 Å². The molecule has 0 fully saturated rings. The van der Waals surface area contributed by atoms with Gasteiger partial charge in [0.1, 0.15) is 0 Å². The van der Waals surface area contributed by atoms with Crippen LogP contribution in [0.1, 0.15) is 29.3 Å². The lowest BCUT2D eigenvalue weighted by molar-refractivity contribution is -0.129. The third-order valence-electron chi connectivity index (χ3n) is 5.60. The molecule has 0 N–H and O–H groups in total. The number of fused-ring (bicyclic) bond motifs is 5. The van der Waals surface area contributed by atoms with E-state index in [1.807, 2.05) is 4.90 Å². The van der Waals surface area contributed by atoms with Crippen molar-refractivity contribution in [2.24, 2.45) is 0 Å². The number of carbonyl (C=O) groups is 1. The van der Waals surface area contributed by atoms with Gasteiger partial charge in [0.2, 0.25) is 5.91 Å². The second-order valence-electron chi connectivity index (χ2n) is 6.89. The van der Waals surface area contributed by atoms with E-state index in [9.17, 15) is 4.79 Å². The van der Waals surface area contributed by atoms with Crippen LogP contribution in [-0.4, -0.2) is 21.9 Å². The lowest BCUT2D eigenvalue weighted by Crippen LogP contribution is -2.34. The van der Waals surface area contributed by atoms with Crippen LogP contribution in [0.2, 0.25) is 0 Å². The Balaban J connectivity index is 1.85. The van der Waals surface area contributed by atoms with Gasteiger partial charge >= 0.3 is 0 Å². The third-order valence-corrected chi connectivity index (χ3v) is 5.60.